The quantitative estimate of drug-likeness (QED) is 0.670. The third-order valence-corrected chi connectivity index (χ3v) is 3.78. The lowest BCUT2D eigenvalue weighted by Crippen LogP contribution is -2.37. The Morgan fingerprint density at radius 3 is 2.39 bits per heavy atom. The zero-order valence-electron chi connectivity index (χ0n) is 12.9. The van der Waals surface area contributed by atoms with Crippen LogP contribution in [0, 0.1) is 5.92 Å². The van der Waals surface area contributed by atoms with Crippen molar-refractivity contribution in [1.82, 2.24) is 15.1 Å². The molecule has 0 aliphatic carbocycles. The van der Waals surface area contributed by atoms with E-state index < -0.39 is 0 Å². The van der Waals surface area contributed by atoms with Crippen LogP contribution in [0.1, 0.15) is 39.5 Å². The summed E-state index contributed by atoms with van der Waals surface area (Å²) in [5.41, 5.74) is 0. The number of hydrogen-bond acceptors (Lipinski definition) is 3. The van der Waals surface area contributed by atoms with Crippen molar-refractivity contribution in [1.29, 1.82) is 0 Å². The highest BCUT2D eigenvalue weighted by Crippen LogP contribution is 2.17. The highest BCUT2D eigenvalue weighted by molar-refractivity contribution is 4.73. The van der Waals surface area contributed by atoms with Gasteiger partial charge in [-0.05, 0) is 71.9 Å². The zero-order chi connectivity index (χ0) is 13.4. The molecule has 108 valence electrons. The van der Waals surface area contributed by atoms with Gasteiger partial charge in [-0.2, -0.15) is 0 Å². The van der Waals surface area contributed by atoms with Crippen molar-refractivity contribution < 1.29 is 0 Å². The van der Waals surface area contributed by atoms with Gasteiger partial charge in [-0.1, -0.05) is 13.8 Å². The first-order valence-corrected chi connectivity index (χ1v) is 7.68. The minimum atomic E-state index is 0.631. The molecule has 0 unspecified atom stereocenters. The van der Waals surface area contributed by atoms with E-state index in [1.54, 1.807) is 0 Å². The summed E-state index contributed by atoms with van der Waals surface area (Å²) in [5.74, 6) is 0.929. The minimum Gasteiger partial charge on any atom is -0.315 e. The average molecular weight is 255 g/mol. The van der Waals surface area contributed by atoms with E-state index in [-0.39, 0.29) is 0 Å². The van der Waals surface area contributed by atoms with Crippen LogP contribution in [-0.4, -0.2) is 62.7 Å². The maximum Gasteiger partial charge on any atom is 0.00103 e. The molecule has 1 rings (SSSR count). The van der Waals surface area contributed by atoms with E-state index in [0.717, 1.165) is 5.92 Å². The first-order valence-electron chi connectivity index (χ1n) is 7.68. The lowest BCUT2D eigenvalue weighted by atomic mass is 9.96. The molecule has 3 nitrogen and oxygen atoms in total. The average Bonchev–Trinajstić information content (AvgIpc) is 2.30. The highest BCUT2D eigenvalue weighted by Gasteiger charge is 2.18. The molecular formula is C15H33N3. The van der Waals surface area contributed by atoms with Crippen LogP contribution in [0.5, 0.6) is 0 Å². The van der Waals surface area contributed by atoms with E-state index >= 15 is 0 Å². The second kappa shape index (κ2) is 8.89. The molecule has 0 atom stereocenters. The van der Waals surface area contributed by atoms with Crippen molar-refractivity contribution in [2.75, 3.05) is 46.8 Å². The summed E-state index contributed by atoms with van der Waals surface area (Å²) in [5, 5.41) is 3.49. The molecule has 1 aliphatic heterocycles. The van der Waals surface area contributed by atoms with E-state index in [1.807, 2.05) is 0 Å². The molecule has 1 saturated heterocycles. The van der Waals surface area contributed by atoms with Gasteiger partial charge in [0.1, 0.15) is 0 Å². The van der Waals surface area contributed by atoms with Crippen LogP contribution in [0.25, 0.3) is 0 Å². The Morgan fingerprint density at radius 2 is 1.83 bits per heavy atom. The summed E-state index contributed by atoms with van der Waals surface area (Å²) in [6.45, 7) is 10.8. The molecule has 0 aromatic carbocycles. The van der Waals surface area contributed by atoms with E-state index in [2.05, 4.69) is 43.1 Å². The normalized spacial score (nSPS) is 19.0. The highest BCUT2D eigenvalue weighted by atomic mass is 15.1. The Bertz CT molecular complexity index is 196. The SMILES string of the molecule is CC(C)NCCCCN1CCC(CN(C)C)CC1. The molecule has 1 N–H and O–H groups in total. The Balaban J connectivity index is 1.98. The number of likely N-dealkylation sites (tertiary alicyclic amines) is 1. The van der Waals surface area contributed by atoms with Crippen molar-refractivity contribution in [3.8, 4) is 0 Å². The van der Waals surface area contributed by atoms with Crippen molar-refractivity contribution in [3.63, 3.8) is 0 Å². The molecule has 3 heteroatoms. The first-order chi connectivity index (χ1) is 8.58. The van der Waals surface area contributed by atoms with E-state index in [0.29, 0.717) is 6.04 Å². The monoisotopic (exact) mass is 255 g/mol. The number of piperidine rings is 1. The maximum atomic E-state index is 3.49. The van der Waals surface area contributed by atoms with Crippen LogP contribution in [0.4, 0.5) is 0 Å². The summed E-state index contributed by atoms with van der Waals surface area (Å²) in [6.07, 6.45) is 5.44. The molecule has 0 aromatic rings. The molecule has 0 saturated carbocycles. The molecule has 1 aliphatic rings. The Morgan fingerprint density at radius 1 is 1.17 bits per heavy atom. The number of unbranched alkanes of at least 4 members (excludes halogenated alkanes) is 1. The number of hydrogen-bond donors (Lipinski definition) is 1. The van der Waals surface area contributed by atoms with Gasteiger partial charge in [-0.25, -0.2) is 0 Å². The molecular weight excluding hydrogens is 222 g/mol. The number of rotatable bonds is 8. The predicted molar refractivity (Wildman–Crippen MR) is 80.1 cm³/mol. The van der Waals surface area contributed by atoms with Crippen LogP contribution in [-0.2, 0) is 0 Å². The fourth-order valence-electron chi connectivity index (χ4n) is 2.76. The fraction of sp³-hybridized carbons (Fsp3) is 1.00. The molecule has 1 heterocycles. The molecule has 0 amide bonds. The van der Waals surface area contributed by atoms with Gasteiger partial charge in [-0.15, -0.1) is 0 Å². The Kier molecular flexibility index (Phi) is 7.87. The predicted octanol–water partition coefficient (Wildman–Crippen LogP) is 2.04. The molecule has 0 spiro atoms. The second-order valence-electron chi connectivity index (χ2n) is 6.36. The van der Waals surface area contributed by atoms with Crippen molar-refractivity contribution in [2.24, 2.45) is 5.92 Å². The number of nitrogens with zero attached hydrogens (tertiary/aromatic N) is 2. The van der Waals surface area contributed by atoms with Gasteiger partial charge in [0.05, 0.1) is 0 Å². The topological polar surface area (TPSA) is 18.5 Å². The van der Waals surface area contributed by atoms with Gasteiger partial charge in [-0.3, -0.25) is 0 Å². The summed E-state index contributed by atoms with van der Waals surface area (Å²) in [6, 6.07) is 0.631. The van der Waals surface area contributed by atoms with E-state index in [4.69, 9.17) is 0 Å². The molecule has 0 radical (unpaired) electrons. The van der Waals surface area contributed by atoms with Crippen LogP contribution in [0.2, 0.25) is 0 Å². The lowest BCUT2D eigenvalue weighted by Gasteiger charge is -2.33. The van der Waals surface area contributed by atoms with Crippen LogP contribution in [0.15, 0.2) is 0 Å². The maximum absolute atomic E-state index is 3.49. The third-order valence-electron chi connectivity index (χ3n) is 3.78. The minimum absolute atomic E-state index is 0.631. The summed E-state index contributed by atoms with van der Waals surface area (Å²) in [7, 11) is 4.38. The van der Waals surface area contributed by atoms with Gasteiger partial charge in [0.15, 0.2) is 0 Å². The Hall–Kier alpha value is -0.120. The van der Waals surface area contributed by atoms with Crippen molar-refractivity contribution in [2.45, 2.75) is 45.6 Å². The number of nitrogens with one attached hydrogen (secondary N) is 1. The van der Waals surface area contributed by atoms with Gasteiger partial charge in [0.25, 0.3) is 0 Å². The fourth-order valence-corrected chi connectivity index (χ4v) is 2.76. The molecule has 0 aromatic heterocycles. The smallest absolute Gasteiger partial charge is 0.00103 e. The van der Waals surface area contributed by atoms with Crippen molar-refractivity contribution in [3.05, 3.63) is 0 Å². The largest absolute Gasteiger partial charge is 0.315 e. The van der Waals surface area contributed by atoms with Gasteiger partial charge in [0.2, 0.25) is 0 Å². The molecule has 18 heavy (non-hydrogen) atoms. The standard InChI is InChI=1S/C15H33N3/c1-14(2)16-9-5-6-10-18-11-7-15(8-12-18)13-17(3)4/h14-16H,5-13H2,1-4H3. The summed E-state index contributed by atoms with van der Waals surface area (Å²) in [4.78, 5) is 4.99. The molecule has 1 fully saturated rings. The van der Waals surface area contributed by atoms with Crippen LogP contribution >= 0.6 is 0 Å². The Labute approximate surface area is 114 Å². The summed E-state index contributed by atoms with van der Waals surface area (Å²) < 4.78 is 0. The van der Waals surface area contributed by atoms with Gasteiger partial charge >= 0.3 is 0 Å². The van der Waals surface area contributed by atoms with Gasteiger partial charge < -0.3 is 15.1 Å². The van der Waals surface area contributed by atoms with Crippen LogP contribution in [0.3, 0.4) is 0 Å². The van der Waals surface area contributed by atoms with E-state index in [1.165, 1.54) is 58.4 Å². The van der Waals surface area contributed by atoms with Crippen LogP contribution < -0.4 is 5.32 Å². The summed E-state index contributed by atoms with van der Waals surface area (Å²) >= 11 is 0. The second-order valence-corrected chi connectivity index (χ2v) is 6.36. The van der Waals surface area contributed by atoms with Crippen molar-refractivity contribution >= 4 is 0 Å². The van der Waals surface area contributed by atoms with E-state index in [9.17, 15) is 0 Å². The van der Waals surface area contributed by atoms with Gasteiger partial charge in [0, 0.05) is 12.6 Å². The first kappa shape index (κ1) is 15.9. The molecule has 0 bridgehead atoms. The third kappa shape index (κ3) is 7.34. The zero-order valence-corrected chi connectivity index (χ0v) is 12.9. The lowest BCUT2D eigenvalue weighted by molar-refractivity contribution is 0.160.